The molecule has 0 fully saturated rings. The fourth-order valence-electron chi connectivity index (χ4n) is 1.88. The lowest BCUT2D eigenvalue weighted by Gasteiger charge is -2.12. The molecular weight excluding hydrogens is 452 g/mol. The summed E-state index contributed by atoms with van der Waals surface area (Å²) in [4.78, 5) is 20.3. The molecule has 0 bridgehead atoms. The molecule has 2 N–H and O–H groups in total. The Morgan fingerprint density at radius 3 is 2.23 bits per heavy atom. The van der Waals surface area contributed by atoms with Gasteiger partial charge in [-0.3, -0.25) is 5.32 Å². The van der Waals surface area contributed by atoms with Gasteiger partial charge >= 0.3 is 24.4 Å². The van der Waals surface area contributed by atoms with Crippen molar-refractivity contribution in [3.8, 4) is 12.0 Å². The third-order valence-corrected chi connectivity index (χ3v) is 4.54. The minimum absolute atomic E-state index is 0.130. The van der Waals surface area contributed by atoms with Crippen molar-refractivity contribution in [3.05, 3.63) is 29.1 Å². The number of benzene rings is 1. The summed E-state index contributed by atoms with van der Waals surface area (Å²) in [6, 6.07) is -3.59. The van der Waals surface area contributed by atoms with Crippen LogP contribution in [0.15, 0.2) is 11.0 Å². The molecule has 0 unspecified atom stereocenters. The minimum Gasteiger partial charge on any atom is -0.467 e. The van der Waals surface area contributed by atoms with Gasteiger partial charge in [0.05, 0.1) is 12.0 Å². The summed E-state index contributed by atoms with van der Waals surface area (Å²) >= 11 is 0. The van der Waals surface area contributed by atoms with Crippen molar-refractivity contribution in [1.29, 1.82) is 0 Å². The number of sulfonamides is 1. The largest absolute Gasteiger partial charge is 0.575 e. The molecule has 0 aliphatic rings. The normalized spacial score (nSPS) is 11.7. The van der Waals surface area contributed by atoms with E-state index >= 15 is 0 Å². The average molecular weight is 461 g/mol. The van der Waals surface area contributed by atoms with Crippen molar-refractivity contribution in [2.75, 3.05) is 12.4 Å². The van der Waals surface area contributed by atoms with Crippen molar-refractivity contribution in [1.82, 2.24) is 19.7 Å². The summed E-state index contributed by atoms with van der Waals surface area (Å²) in [5, 5.41) is 1.65. The molecular formula is C13H9F6N5O5S. The van der Waals surface area contributed by atoms with Crippen LogP contribution in [-0.4, -0.2) is 42.9 Å². The lowest BCUT2D eigenvalue weighted by Crippen LogP contribution is -2.35. The molecule has 1 heterocycles. The van der Waals surface area contributed by atoms with Crippen molar-refractivity contribution in [2.45, 2.75) is 18.2 Å². The maximum atomic E-state index is 13.6. The zero-order valence-electron chi connectivity index (χ0n) is 14.6. The van der Waals surface area contributed by atoms with Crippen LogP contribution in [0.5, 0.6) is 12.0 Å². The molecule has 164 valence electrons. The van der Waals surface area contributed by atoms with Gasteiger partial charge in [0.1, 0.15) is 0 Å². The van der Waals surface area contributed by atoms with Crippen molar-refractivity contribution in [3.63, 3.8) is 0 Å². The number of anilines is 1. The predicted octanol–water partition coefficient (Wildman–Crippen LogP) is 2.01. The number of nitrogens with one attached hydrogen (secondary N) is 2. The fourth-order valence-corrected chi connectivity index (χ4v) is 3.04. The molecule has 2 amide bonds. The van der Waals surface area contributed by atoms with Gasteiger partial charge in [0.15, 0.2) is 17.5 Å². The summed E-state index contributed by atoms with van der Waals surface area (Å²) < 4.78 is 111. The van der Waals surface area contributed by atoms with E-state index in [1.54, 1.807) is 5.32 Å². The van der Waals surface area contributed by atoms with E-state index in [0.29, 0.717) is 0 Å². The highest BCUT2D eigenvalue weighted by atomic mass is 32.2. The Hall–Kier alpha value is -3.37. The molecule has 1 aromatic heterocycles. The topological polar surface area (TPSA) is 132 Å². The third kappa shape index (κ3) is 5.37. The molecule has 0 radical (unpaired) electrons. The second kappa shape index (κ2) is 8.17. The van der Waals surface area contributed by atoms with E-state index in [0.717, 1.165) is 14.0 Å². The van der Waals surface area contributed by atoms with E-state index in [2.05, 4.69) is 24.4 Å². The number of amides is 2. The van der Waals surface area contributed by atoms with Gasteiger partial charge in [-0.1, -0.05) is 0 Å². The van der Waals surface area contributed by atoms with Crippen LogP contribution < -0.4 is 19.5 Å². The number of halogens is 6. The van der Waals surface area contributed by atoms with E-state index in [1.165, 1.54) is 4.72 Å². The van der Waals surface area contributed by atoms with Crippen LogP contribution >= 0.6 is 0 Å². The quantitative estimate of drug-likeness (QED) is 0.511. The van der Waals surface area contributed by atoms with Crippen LogP contribution in [0.4, 0.5) is 37.1 Å². The Morgan fingerprint density at radius 2 is 1.67 bits per heavy atom. The van der Waals surface area contributed by atoms with Gasteiger partial charge in [0.25, 0.3) is 10.0 Å². The molecule has 0 saturated heterocycles. The molecule has 0 aliphatic carbocycles. The van der Waals surface area contributed by atoms with Gasteiger partial charge in [0.2, 0.25) is 5.95 Å². The lowest BCUT2D eigenvalue weighted by molar-refractivity contribution is -0.277. The van der Waals surface area contributed by atoms with Crippen molar-refractivity contribution >= 4 is 22.0 Å². The number of carbonyl (C=O) groups excluding carboxylic acids is 1. The zero-order chi connectivity index (χ0) is 22.9. The number of hydrogen-bond acceptors (Lipinski definition) is 8. The first-order chi connectivity index (χ1) is 13.7. The van der Waals surface area contributed by atoms with Crippen LogP contribution in [0.1, 0.15) is 5.56 Å². The van der Waals surface area contributed by atoms with Gasteiger partial charge in [-0.25, -0.2) is 31.1 Å². The van der Waals surface area contributed by atoms with Gasteiger partial charge < -0.3 is 9.47 Å². The zero-order valence-corrected chi connectivity index (χ0v) is 15.5. The summed E-state index contributed by atoms with van der Waals surface area (Å²) in [6.07, 6.45) is -5.20. The number of urea groups is 1. The van der Waals surface area contributed by atoms with Gasteiger partial charge in [0, 0.05) is 5.56 Å². The number of nitrogens with zero attached hydrogens (tertiary/aromatic N) is 3. The maximum Gasteiger partial charge on any atom is 0.575 e. The lowest BCUT2D eigenvalue weighted by atomic mass is 10.2. The minimum atomic E-state index is -5.20. The number of methoxy groups -OCH3 is 1. The Labute approximate surface area is 163 Å². The highest BCUT2D eigenvalue weighted by Crippen LogP contribution is 2.24. The van der Waals surface area contributed by atoms with Crippen molar-refractivity contribution < 1.29 is 49.0 Å². The number of ether oxygens (including phenoxy) is 2. The second-order valence-electron chi connectivity index (χ2n) is 5.15. The van der Waals surface area contributed by atoms with Crippen molar-refractivity contribution in [2.24, 2.45) is 0 Å². The molecule has 1 aromatic carbocycles. The first-order valence-electron chi connectivity index (χ1n) is 7.27. The number of rotatable bonds is 5. The summed E-state index contributed by atoms with van der Waals surface area (Å²) in [6.45, 7) is 0.807. The molecule has 0 saturated carbocycles. The molecule has 17 heteroatoms. The average Bonchev–Trinajstić information content (AvgIpc) is 2.60. The Morgan fingerprint density at radius 1 is 1.07 bits per heavy atom. The van der Waals surface area contributed by atoms with Crippen LogP contribution in [0.3, 0.4) is 0 Å². The van der Waals surface area contributed by atoms with E-state index in [4.69, 9.17) is 0 Å². The smallest absolute Gasteiger partial charge is 0.467 e. The molecule has 0 atom stereocenters. The second-order valence-corrected chi connectivity index (χ2v) is 6.80. The Bertz CT molecular complexity index is 1090. The third-order valence-electron chi connectivity index (χ3n) is 3.08. The van der Waals surface area contributed by atoms with Crippen LogP contribution in [0.25, 0.3) is 0 Å². The number of carbonyl (C=O) groups is 1. The summed E-state index contributed by atoms with van der Waals surface area (Å²) in [5.74, 6) is -6.49. The molecule has 10 nitrogen and oxygen atoms in total. The Balaban J connectivity index is 2.28. The maximum absolute atomic E-state index is 13.6. The van der Waals surface area contributed by atoms with Gasteiger partial charge in [-0.15, -0.1) is 18.2 Å². The molecule has 30 heavy (non-hydrogen) atoms. The Kier molecular flexibility index (Phi) is 6.24. The summed E-state index contributed by atoms with van der Waals surface area (Å²) in [7, 11) is -3.99. The fraction of sp³-hybridized carbons (Fsp3) is 0.231. The highest BCUT2D eigenvalue weighted by molar-refractivity contribution is 7.90. The molecule has 0 aliphatic heterocycles. The molecule has 2 aromatic rings. The monoisotopic (exact) mass is 461 g/mol. The van der Waals surface area contributed by atoms with E-state index in [1.807, 2.05) is 0 Å². The van der Waals surface area contributed by atoms with Crippen LogP contribution in [0.2, 0.25) is 0 Å². The number of aromatic nitrogens is 3. The summed E-state index contributed by atoms with van der Waals surface area (Å²) in [5.41, 5.74) is -0.836. The van der Waals surface area contributed by atoms with Gasteiger partial charge in [-0.2, -0.15) is 9.97 Å². The number of alkyl halides is 3. The standard InChI is InChI=1S/C13H9F6N5O5S/c1-4-6(3-5(14)8(16)7(4)15)30(26,27)24-10(25)20-9-21-11(28-2)23-12(22-9)29-13(17,18)19/h3H,1-2H3,(H2,20,21,22,23,24,25). The van der Waals surface area contributed by atoms with Crippen LogP contribution in [0, 0.1) is 24.4 Å². The van der Waals surface area contributed by atoms with Crippen LogP contribution in [-0.2, 0) is 10.0 Å². The first kappa shape index (κ1) is 22.9. The SMILES string of the molecule is COc1nc(NC(=O)NS(=O)(=O)c2cc(F)c(F)c(F)c2C)nc(OC(F)(F)F)n1. The van der Waals surface area contributed by atoms with E-state index < -0.39 is 68.3 Å². The van der Waals surface area contributed by atoms with Gasteiger partial charge in [-0.05, 0) is 13.0 Å². The number of hydrogen-bond donors (Lipinski definition) is 2. The first-order valence-corrected chi connectivity index (χ1v) is 8.75. The predicted molar refractivity (Wildman–Crippen MR) is 83.5 cm³/mol. The molecule has 0 spiro atoms. The molecule has 2 rings (SSSR count). The highest BCUT2D eigenvalue weighted by Gasteiger charge is 2.33. The van der Waals surface area contributed by atoms with E-state index in [-0.39, 0.29) is 6.07 Å². The van der Waals surface area contributed by atoms with E-state index in [9.17, 15) is 39.6 Å².